The summed E-state index contributed by atoms with van der Waals surface area (Å²) in [5.74, 6) is 0.441. The van der Waals surface area contributed by atoms with Crippen LogP contribution in [0.25, 0.3) is 0 Å². The van der Waals surface area contributed by atoms with Crippen molar-refractivity contribution in [2.75, 3.05) is 26.4 Å². The molecule has 0 aliphatic carbocycles. The van der Waals surface area contributed by atoms with Crippen molar-refractivity contribution in [2.45, 2.75) is 46.1 Å². The molecule has 19 heavy (non-hydrogen) atoms. The lowest BCUT2D eigenvalue weighted by molar-refractivity contribution is -0.123. The Labute approximate surface area is 115 Å². The molecule has 5 heteroatoms. The van der Waals surface area contributed by atoms with Gasteiger partial charge in [-0.05, 0) is 0 Å². The van der Waals surface area contributed by atoms with Gasteiger partial charge in [0.05, 0.1) is 32.5 Å². The van der Waals surface area contributed by atoms with E-state index in [1.54, 1.807) is 0 Å². The van der Waals surface area contributed by atoms with Crippen LogP contribution in [0.3, 0.4) is 0 Å². The van der Waals surface area contributed by atoms with Crippen LogP contribution in [0.15, 0.2) is 0 Å². The number of hydrogen-bond acceptors (Lipinski definition) is 5. The largest absolute Gasteiger partial charge is 0.379 e. The Morgan fingerprint density at radius 1 is 1.05 bits per heavy atom. The van der Waals surface area contributed by atoms with Gasteiger partial charge in [0.1, 0.15) is 11.6 Å². The van der Waals surface area contributed by atoms with Gasteiger partial charge in [0.15, 0.2) is 0 Å². The first-order valence-electron chi connectivity index (χ1n) is 6.92. The van der Waals surface area contributed by atoms with Gasteiger partial charge in [0, 0.05) is 25.2 Å². The van der Waals surface area contributed by atoms with E-state index in [-0.39, 0.29) is 23.5 Å². The predicted molar refractivity (Wildman–Crippen MR) is 74.0 cm³/mol. The lowest BCUT2D eigenvalue weighted by atomic mass is 10.1. The Balaban J connectivity index is 3.42. The molecule has 0 aliphatic heterocycles. The van der Waals surface area contributed by atoms with E-state index in [4.69, 9.17) is 15.2 Å². The number of ketones is 2. The molecular formula is C14H27NO4. The van der Waals surface area contributed by atoms with Gasteiger partial charge in [0.25, 0.3) is 0 Å². The summed E-state index contributed by atoms with van der Waals surface area (Å²) < 4.78 is 10.6. The summed E-state index contributed by atoms with van der Waals surface area (Å²) in [6, 6.07) is -0.217. The molecule has 2 N–H and O–H groups in total. The van der Waals surface area contributed by atoms with Crippen molar-refractivity contribution in [3.05, 3.63) is 0 Å². The van der Waals surface area contributed by atoms with Gasteiger partial charge in [0.2, 0.25) is 0 Å². The number of carbonyl (C=O) groups is 2. The Bertz CT molecular complexity index is 266. The lowest BCUT2D eigenvalue weighted by Gasteiger charge is -2.12. The third-order valence-corrected chi connectivity index (χ3v) is 2.72. The standard InChI is InChI=1S/C14H27NO4/c1-4-13(16)5-7-18-9-12(15)10-19-8-6-14(17)11(2)3/h11-12H,4-10,15H2,1-3H3. The van der Waals surface area contributed by atoms with E-state index in [2.05, 4.69) is 0 Å². The Morgan fingerprint density at radius 3 is 2.05 bits per heavy atom. The molecule has 0 amide bonds. The minimum atomic E-state index is -0.217. The highest BCUT2D eigenvalue weighted by Crippen LogP contribution is 1.99. The van der Waals surface area contributed by atoms with Gasteiger partial charge < -0.3 is 15.2 Å². The fourth-order valence-corrected chi connectivity index (χ4v) is 1.34. The van der Waals surface area contributed by atoms with Crippen molar-refractivity contribution < 1.29 is 19.1 Å². The van der Waals surface area contributed by atoms with E-state index >= 15 is 0 Å². The van der Waals surface area contributed by atoms with Crippen LogP contribution in [-0.2, 0) is 19.1 Å². The molecule has 0 aromatic rings. The molecule has 1 atom stereocenters. The SMILES string of the molecule is CCC(=O)CCOCC(N)COCCC(=O)C(C)C. The third-order valence-electron chi connectivity index (χ3n) is 2.72. The van der Waals surface area contributed by atoms with Crippen LogP contribution in [0.5, 0.6) is 0 Å². The number of carbonyl (C=O) groups excluding carboxylic acids is 2. The number of Topliss-reactive ketones (excluding diaryl/α,β-unsaturated/α-hetero) is 2. The summed E-state index contributed by atoms with van der Waals surface area (Å²) in [7, 11) is 0. The maximum absolute atomic E-state index is 11.3. The second-order valence-electron chi connectivity index (χ2n) is 4.92. The zero-order chi connectivity index (χ0) is 14.7. The second kappa shape index (κ2) is 11.1. The highest BCUT2D eigenvalue weighted by atomic mass is 16.5. The number of nitrogens with two attached hydrogens (primary N) is 1. The molecular weight excluding hydrogens is 246 g/mol. The predicted octanol–water partition coefficient (Wildman–Crippen LogP) is 1.33. The van der Waals surface area contributed by atoms with Crippen LogP contribution in [-0.4, -0.2) is 44.0 Å². The third kappa shape index (κ3) is 10.8. The van der Waals surface area contributed by atoms with E-state index in [1.807, 2.05) is 20.8 Å². The van der Waals surface area contributed by atoms with Crippen molar-refractivity contribution in [1.29, 1.82) is 0 Å². The van der Waals surface area contributed by atoms with Crippen LogP contribution < -0.4 is 5.73 Å². The monoisotopic (exact) mass is 273 g/mol. The molecule has 0 fully saturated rings. The van der Waals surface area contributed by atoms with Crippen LogP contribution in [0.2, 0.25) is 0 Å². The van der Waals surface area contributed by atoms with E-state index in [0.29, 0.717) is 45.7 Å². The van der Waals surface area contributed by atoms with E-state index in [9.17, 15) is 9.59 Å². The second-order valence-corrected chi connectivity index (χ2v) is 4.92. The minimum absolute atomic E-state index is 0.0525. The molecule has 0 spiro atoms. The van der Waals surface area contributed by atoms with Gasteiger partial charge in [-0.25, -0.2) is 0 Å². The molecule has 0 aromatic heterocycles. The highest BCUT2D eigenvalue weighted by Gasteiger charge is 2.08. The molecule has 0 aliphatic rings. The summed E-state index contributed by atoms with van der Waals surface area (Å²) in [6.07, 6.45) is 1.41. The van der Waals surface area contributed by atoms with Crippen molar-refractivity contribution >= 4 is 11.6 Å². The summed E-state index contributed by atoms with van der Waals surface area (Å²) in [5, 5.41) is 0. The van der Waals surface area contributed by atoms with Crippen molar-refractivity contribution in [2.24, 2.45) is 11.7 Å². The maximum atomic E-state index is 11.3. The normalized spacial score (nSPS) is 12.7. The Kier molecular flexibility index (Phi) is 10.6. The van der Waals surface area contributed by atoms with Gasteiger partial charge >= 0.3 is 0 Å². The van der Waals surface area contributed by atoms with Crippen LogP contribution in [0.1, 0.15) is 40.0 Å². The van der Waals surface area contributed by atoms with Gasteiger partial charge in [-0.2, -0.15) is 0 Å². The van der Waals surface area contributed by atoms with Gasteiger partial charge in [-0.15, -0.1) is 0 Å². The summed E-state index contributed by atoms with van der Waals surface area (Å²) in [6.45, 7) is 7.13. The molecule has 0 saturated carbocycles. The first kappa shape index (κ1) is 18.2. The molecule has 0 rings (SSSR count). The van der Waals surface area contributed by atoms with Crippen LogP contribution in [0.4, 0.5) is 0 Å². The van der Waals surface area contributed by atoms with Gasteiger partial charge in [-0.3, -0.25) is 9.59 Å². The maximum Gasteiger partial charge on any atom is 0.137 e. The summed E-state index contributed by atoms with van der Waals surface area (Å²) in [5.41, 5.74) is 5.78. The topological polar surface area (TPSA) is 78.6 Å². The van der Waals surface area contributed by atoms with Crippen LogP contribution in [0, 0.1) is 5.92 Å². The van der Waals surface area contributed by atoms with E-state index in [0.717, 1.165) is 0 Å². The Hall–Kier alpha value is -0.780. The van der Waals surface area contributed by atoms with Crippen molar-refractivity contribution in [3.63, 3.8) is 0 Å². The summed E-state index contributed by atoms with van der Waals surface area (Å²) in [4.78, 5) is 22.3. The first-order chi connectivity index (χ1) is 8.97. The zero-order valence-corrected chi connectivity index (χ0v) is 12.3. The zero-order valence-electron chi connectivity index (χ0n) is 12.3. The number of rotatable bonds is 12. The minimum Gasteiger partial charge on any atom is -0.379 e. The molecule has 0 heterocycles. The molecule has 0 radical (unpaired) electrons. The average molecular weight is 273 g/mol. The molecule has 0 saturated heterocycles. The molecule has 5 nitrogen and oxygen atoms in total. The van der Waals surface area contributed by atoms with Crippen molar-refractivity contribution in [1.82, 2.24) is 0 Å². The fourth-order valence-electron chi connectivity index (χ4n) is 1.34. The van der Waals surface area contributed by atoms with Crippen molar-refractivity contribution in [3.8, 4) is 0 Å². The van der Waals surface area contributed by atoms with E-state index in [1.165, 1.54) is 0 Å². The fraction of sp³-hybridized carbons (Fsp3) is 0.857. The number of hydrogen-bond donors (Lipinski definition) is 1. The highest BCUT2D eigenvalue weighted by molar-refractivity contribution is 5.80. The average Bonchev–Trinajstić information content (AvgIpc) is 2.38. The quantitative estimate of drug-likeness (QED) is 0.543. The first-order valence-corrected chi connectivity index (χ1v) is 6.92. The molecule has 1 unspecified atom stereocenters. The molecule has 0 aromatic carbocycles. The molecule has 112 valence electrons. The van der Waals surface area contributed by atoms with E-state index < -0.39 is 0 Å². The smallest absolute Gasteiger partial charge is 0.137 e. The molecule has 0 bridgehead atoms. The number of ether oxygens (including phenoxy) is 2. The lowest BCUT2D eigenvalue weighted by Crippen LogP contribution is -2.32. The Morgan fingerprint density at radius 2 is 1.58 bits per heavy atom. The van der Waals surface area contributed by atoms with Crippen LogP contribution >= 0.6 is 0 Å². The van der Waals surface area contributed by atoms with Gasteiger partial charge in [-0.1, -0.05) is 20.8 Å². The summed E-state index contributed by atoms with van der Waals surface area (Å²) >= 11 is 0.